The predicted molar refractivity (Wildman–Crippen MR) is 79.1 cm³/mol. The van der Waals surface area contributed by atoms with Gasteiger partial charge in [0.1, 0.15) is 10.7 Å². The maximum absolute atomic E-state index is 14.0. The summed E-state index contributed by atoms with van der Waals surface area (Å²) in [4.78, 5) is -0.412. The fourth-order valence-electron chi connectivity index (χ4n) is 2.05. The third-order valence-electron chi connectivity index (χ3n) is 3.27. The van der Waals surface area contributed by atoms with Crippen LogP contribution in [0.25, 0.3) is 0 Å². The highest BCUT2D eigenvalue weighted by atomic mass is 32.2. The number of aryl methyl sites for hydroxylation is 1. The summed E-state index contributed by atoms with van der Waals surface area (Å²) in [5, 5.41) is 8.95. The molecule has 0 saturated carbocycles. The van der Waals surface area contributed by atoms with E-state index in [4.69, 9.17) is 5.11 Å². The van der Waals surface area contributed by atoms with Gasteiger partial charge in [-0.2, -0.15) is 0 Å². The molecule has 0 aliphatic heterocycles. The Hall–Kier alpha value is -1.92. The lowest BCUT2D eigenvalue weighted by atomic mass is 10.2. The molecule has 112 valence electrons. The van der Waals surface area contributed by atoms with Gasteiger partial charge in [-0.25, -0.2) is 12.8 Å². The topological polar surface area (TPSA) is 57.6 Å². The van der Waals surface area contributed by atoms with E-state index in [1.807, 2.05) is 0 Å². The van der Waals surface area contributed by atoms with Crippen LogP contribution in [0.5, 0.6) is 0 Å². The van der Waals surface area contributed by atoms with Gasteiger partial charge in [0.25, 0.3) is 10.0 Å². The molecule has 0 radical (unpaired) electrons. The van der Waals surface area contributed by atoms with Crippen LogP contribution in [0, 0.1) is 12.7 Å². The van der Waals surface area contributed by atoms with Gasteiger partial charge >= 0.3 is 0 Å². The maximum Gasteiger partial charge on any atom is 0.266 e. The van der Waals surface area contributed by atoms with Gasteiger partial charge in [0.05, 0.1) is 12.3 Å². The Labute approximate surface area is 123 Å². The average molecular weight is 309 g/mol. The number of anilines is 1. The molecule has 0 heterocycles. The van der Waals surface area contributed by atoms with E-state index in [-0.39, 0.29) is 6.61 Å². The Morgan fingerprint density at radius 3 is 2.43 bits per heavy atom. The normalized spacial score (nSPS) is 11.4. The van der Waals surface area contributed by atoms with Crippen LogP contribution >= 0.6 is 0 Å². The summed E-state index contributed by atoms with van der Waals surface area (Å²) in [5.41, 5.74) is 1.59. The standard InChI is InChI=1S/C15H16FNO3S/c1-11-5-3-4-6-14(11)17(2)21(19,20)15-8-7-12(10-18)9-13(15)16/h3-9,18H,10H2,1-2H3. The van der Waals surface area contributed by atoms with Crippen molar-refractivity contribution >= 4 is 15.7 Å². The minimum Gasteiger partial charge on any atom is -0.392 e. The Morgan fingerprint density at radius 1 is 1.19 bits per heavy atom. The van der Waals surface area contributed by atoms with Gasteiger partial charge in [-0.05, 0) is 36.2 Å². The number of benzene rings is 2. The van der Waals surface area contributed by atoms with Gasteiger partial charge in [0, 0.05) is 7.05 Å². The fraction of sp³-hybridized carbons (Fsp3) is 0.200. The molecule has 6 heteroatoms. The Kier molecular flexibility index (Phi) is 4.29. The highest BCUT2D eigenvalue weighted by Gasteiger charge is 2.25. The van der Waals surface area contributed by atoms with Crippen molar-refractivity contribution < 1.29 is 17.9 Å². The van der Waals surface area contributed by atoms with E-state index in [1.54, 1.807) is 31.2 Å². The van der Waals surface area contributed by atoms with Crippen LogP contribution in [0.2, 0.25) is 0 Å². The smallest absolute Gasteiger partial charge is 0.266 e. The molecule has 21 heavy (non-hydrogen) atoms. The molecule has 0 fully saturated rings. The van der Waals surface area contributed by atoms with Crippen molar-refractivity contribution in [2.24, 2.45) is 0 Å². The molecule has 0 aromatic heterocycles. The largest absolute Gasteiger partial charge is 0.392 e. The Balaban J connectivity index is 2.50. The highest BCUT2D eigenvalue weighted by molar-refractivity contribution is 7.92. The van der Waals surface area contributed by atoms with Crippen molar-refractivity contribution in [3.63, 3.8) is 0 Å². The van der Waals surface area contributed by atoms with Gasteiger partial charge in [-0.1, -0.05) is 24.3 Å². The summed E-state index contributed by atoms with van der Waals surface area (Å²) < 4.78 is 40.1. The van der Waals surface area contributed by atoms with Crippen molar-refractivity contribution in [3.8, 4) is 0 Å². The molecule has 2 aromatic carbocycles. The summed E-state index contributed by atoms with van der Waals surface area (Å²) in [6, 6.07) is 10.6. The maximum atomic E-state index is 14.0. The first-order valence-corrected chi connectivity index (χ1v) is 7.76. The number of nitrogens with zero attached hydrogens (tertiary/aromatic N) is 1. The second kappa shape index (κ2) is 5.83. The molecule has 0 unspecified atom stereocenters. The van der Waals surface area contributed by atoms with Crippen molar-refractivity contribution in [1.82, 2.24) is 0 Å². The van der Waals surface area contributed by atoms with Crippen LogP contribution in [-0.2, 0) is 16.6 Å². The molecule has 0 aliphatic carbocycles. The zero-order valence-corrected chi connectivity index (χ0v) is 12.6. The van der Waals surface area contributed by atoms with Crippen molar-refractivity contribution in [2.75, 3.05) is 11.4 Å². The van der Waals surface area contributed by atoms with E-state index >= 15 is 0 Å². The molecular weight excluding hydrogens is 293 g/mol. The second-order valence-electron chi connectivity index (χ2n) is 4.68. The van der Waals surface area contributed by atoms with Crippen LogP contribution in [0.1, 0.15) is 11.1 Å². The van der Waals surface area contributed by atoms with Gasteiger partial charge in [0.2, 0.25) is 0 Å². The number of hydrogen-bond donors (Lipinski definition) is 1. The molecule has 4 nitrogen and oxygen atoms in total. The minimum absolute atomic E-state index is 0.324. The van der Waals surface area contributed by atoms with E-state index in [9.17, 15) is 12.8 Å². The Bertz CT molecular complexity index is 759. The number of aliphatic hydroxyl groups excluding tert-OH is 1. The predicted octanol–water partition coefficient (Wildman–Crippen LogP) is 2.45. The van der Waals surface area contributed by atoms with Gasteiger partial charge < -0.3 is 5.11 Å². The number of halogens is 1. The quantitative estimate of drug-likeness (QED) is 0.944. The summed E-state index contributed by atoms with van der Waals surface area (Å²) in [5.74, 6) is -0.873. The number of aliphatic hydroxyl groups is 1. The van der Waals surface area contributed by atoms with E-state index in [0.717, 1.165) is 15.9 Å². The van der Waals surface area contributed by atoms with Gasteiger partial charge in [0.15, 0.2) is 0 Å². The van der Waals surface area contributed by atoms with Crippen LogP contribution in [-0.4, -0.2) is 20.6 Å². The van der Waals surface area contributed by atoms with Crippen LogP contribution < -0.4 is 4.31 Å². The molecular formula is C15H16FNO3S. The van der Waals surface area contributed by atoms with Crippen LogP contribution in [0.4, 0.5) is 10.1 Å². The molecule has 0 atom stereocenters. The SMILES string of the molecule is Cc1ccccc1N(C)S(=O)(=O)c1ccc(CO)cc1F. The zero-order chi connectivity index (χ0) is 15.6. The molecule has 2 rings (SSSR count). The first-order valence-electron chi connectivity index (χ1n) is 6.31. The van der Waals surface area contributed by atoms with E-state index in [1.165, 1.54) is 19.2 Å². The van der Waals surface area contributed by atoms with E-state index < -0.39 is 20.7 Å². The minimum atomic E-state index is -3.99. The lowest BCUT2D eigenvalue weighted by molar-refractivity contribution is 0.281. The number of sulfonamides is 1. The third kappa shape index (κ3) is 2.91. The van der Waals surface area contributed by atoms with E-state index in [2.05, 4.69) is 0 Å². The van der Waals surface area contributed by atoms with Crippen molar-refractivity contribution in [1.29, 1.82) is 0 Å². The summed E-state index contributed by atoms with van der Waals surface area (Å²) in [6.45, 7) is 1.44. The first-order chi connectivity index (χ1) is 9.87. The summed E-state index contributed by atoms with van der Waals surface area (Å²) >= 11 is 0. The number of para-hydroxylation sites is 1. The molecule has 1 N–H and O–H groups in total. The molecule has 0 saturated heterocycles. The van der Waals surface area contributed by atoms with Crippen LogP contribution in [0.3, 0.4) is 0 Å². The van der Waals surface area contributed by atoms with Crippen molar-refractivity contribution in [3.05, 3.63) is 59.4 Å². The monoisotopic (exact) mass is 309 g/mol. The molecule has 2 aromatic rings. The zero-order valence-electron chi connectivity index (χ0n) is 11.7. The average Bonchev–Trinajstić information content (AvgIpc) is 2.46. The van der Waals surface area contributed by atoms with Crippen molar-refractivity contribution in [2.45, 2.75) is 18.4 Å². The second-order valence-corrected chi connectivity index (χ2v) is 6.62. The molecule has 0 spiro atoms. The third-order valence-corrected chi connectivity index (χ3v) is 5.08. The highest BCUT2D eigenvalue weighted by Crippen LogP contribution is 2.26. The number of hydrogen-bond acceptors (Lipinski definition) is 3. The lowest BCUT2D eigenvalue weighted by Gasteiger charge is -2.21. The van der Waals surface area contributed by atoms with Crippen LogP contribution in [0.15, 0.2) is 47.4 Å². The molecule has 0 aliphatic rings. The first kappa shape index (κ1) is 15.5. The Morgan fingerprint density at radius 2 is 1.86 bits per heavy atom. The molecule has 0 bridgehead atoms. The summed E-state index contributed by atoms with van der Waals surface area (Å²) in [6.07, 6.45) is 0. The van der Waals surface area contributed by atoms with E-state index in [0.29, 0.717) is 11.3 Å². The molecule has 0 amide bonds. The summed E-state index contributed by atoms with van der Waals surface area (Å²) in [7, 11) is -2.61. The van der Waals surface area contributed by atoms with Gasteiger partial charge in [-0.15, -0.1) is 0 Å². The fourth-order valence-corrected chi connectivity index (χ4v) is 3.35. The lowest BCUT2D eigenvalue weighted by Crippen LogP contribution is -2.28. The van der Waals surface area contributed by atoms with Gasteiger partial charge in [-0.3, -0.25) is 4.31 Å². The number of rotatable bonds is 4.